The van der Waals surface area contributed by atoms with E-state index in [-0.39, 0.29) is 6.04 Å². The molecule has 0 saturated carbocycles. The van der Waals surface area contributed by atoms with Gasteiger partial charge in [-0.2, -0.15) is 0 Å². The molecule has 0 radical (unpaired) electrons. The second-order valence-electron chi connectivity index (χ2n) is 5.40. The van der Waals surface area contributed by atoms with Crippen LogP contribution >= 0.6 is 0 Å². The Labute approximate surface area is 110 Å². The zero-order valence-electron chi connectivity index (χ0n) is 11.6. The van der Waals surface area contributed by atoms with Crippen LogP contribution in [0.25, 0.3) is 0 Å². The van der Waals surface area contributed by atoms with Gasteiger partial charge in [-0.25, -0.2) is 0 Å². The van der Waals surface area contributed by atoms with Gasteiger partial charge in [0, 0.05) is 25.2 Å². The molecule has 0 spiro atoms. The Morgan fingerprint density at radius 1 is 1.28 bits per heavy atom. The van der Waals surface area contributed by atoms with Crippen LogP contribution in [-0.2, 0) is 0 Å². The van der Waals surface area contributed by atoms with E-state index >= 15 is 0 Å². The van der Waals surface area contributed by atoms with Crippen LogP contribution in [0.3, 0.4) is 0 Å². The monoisotopic (exact) mass is 248 g/mol. The highest BCUT2D eigenvalue weighted by Gasteiger charge is 2.32. The smallest absolute Gasteiger partial charge is 0.123 e. The van der Waals surface area contributed by atoms with Gasteiger partial charge in [0.25, 0.3) is 0 Å². The number of nitrogens with two attached hydrogens (primary N) is 1. The average Bonchev–Trinajstić information content (AvgIpc) is 2.71. The highest BCUT2D eigenvalue weighted by Crippen LogP contribution is 2.34. The summed E-state index contributed by atoms with van der Waals surface area (Å²) in [7, 11) is 1.72. The van der Waals surface area contributed by atoms with Crippen molar-refractivity contribution in [2.75, 3.05) is 26.7 Å². The molecule has 3 nitrogen and oxygen atoms in total. The first-order valence-corrected chi connectivity index (χ1v) is 6.74. The highest BCUT2D eigenvalue weighted by atomic mass is 16.5. The molecule has 0 amide bonds. The average molecular weight is 248 g/mol. The second-order valence-corrected chi connectivity index (χ2v) is 5.40. The van der Waals surface area contributed by atoms with Crippen LogP contribution in [0.2, 0.25) is 0 Å². The molecular weight excluding hydrogens is 224 g/mol. The number of para-hydroxylation sites is 1. The summed E-state index contributed by atoms with van der Waals surface area (Å²) in [6, 6.07) is 8.48. The van der Waals surface area contributed by atoms with Crippen LogP contribution in [0.1, 0.15) is 25.5 Å². The molecule has 1 aliphatic heterocycles. The predicted molar refractivity (Wildman–Crippen MR) is 74.7 cm³/mol. The van der Waals surface area contributed by atoms with Gasteiger partial charge in [-0.05, 0) is 17.9 Å². The minimum absolute atomic E-state index is 0.272. The van der Waals surface area contributed by atoms with E-state index in [2.05, 4.69) is 30.9 Å². The molecule has 3 atom stereocenters. The first-order chi connectivity index (χ1) is 8.67. The zero-order chi connectivity index (χ0) is 13.1. The van der Waals surface area contributed by atoms with Gasteiger partial charge in [-0.3, -0.25) is 4.90 Å². The lowest BCUT2D eigenvalue weighted by molar-refractivity contribution is 0.234. The first kappa shape index (κ1) is 13.4. The molecule has 1 aliphatic rings. The number of likely N-dealkylation sites (tertiary alicyclic amines) is 1. The number of rotatable bonds is 4. The van der Waals surface area contributed by atoms with Gasteiger partial charge in [0.2, 0.25) is 0 Å². The Balaban J connectivity index is 2.23. The van der Waals surface area contributed by atoms with Crippen molar-refractivity contribution in [3.63, 3.8) is 0 Å². The summed E-state index contributed by atoms with van der Waals surface area (Å²) in [5.41, 5.74) is 7.21. The largest absolute Gasteiger partial charge is 0.496 e. The van der Waals surface area contributed by atoms with Crippen molar-refractivity contribution in [1.82, 2.24) is 4.90 Å². The Bertz CT molecular complexity index is 384. The lowest BCUT2D eigenvalue weighted by Crippen LogP contribution is -2.32. The van der Waals surface area contributed by atoms with Crippen molar-refractivity contribution in [3.05, 3.63) is 29.8 Å². The topological polar surface area (TPSA) is 38.5 Å². The highest BCUT2D eigenvalue weighted by molar-refractivity contribution is 5.36. The van der Waals surface area contributed by atoms with Crippen LogP contribution < -0.4 is 10.5 Å². The van der Waals surface area contributed by atoms with Crippen LogP contribution in [0.5, 0.6) is 5.75 Å². The summed E-state index contributed by atoms with van der Waals surface area (Å²) >= 11 is 0. The molecule has 0 aliphatic carbocycles. The summed E-state index contributed by atoms with van der Waals surface area (Å²) in [6.07, 6.45) is 0. The van der Waals surface area contributed by atoms with E-state index in [0.717, 1.165) is 30.7 Å². The number of methoxy groups -OCH3 is 1. The molecule has 18 heavy (non-hydrogen) atoms. The van der Waals surface area contributed by atoms with Crippen molar-refractivity contribution in [1.29, 1.82) is 0 Å². The summed E-state index contributed by atoms with van der Waals surface area (Å²) < 4.78 is 5.46. The maximum Gasteiger partial charge on any atom is 0.123 e. The van der Waals surface area contributed by atoms with Crippen molar-refractivity contribution in [2.45, 2.75) is 19.9 Å². The Morgan fingerprint density at radius 2 is 1.89 bits per heavy atom. The molecule has 3 heteroatoms. The summed E-state index contributed by atoms with van der Waals surface area (Å²) in [6.45, 7) is 7.53. The molecule has 1 saturated heterocycles. The SMILES string of the molecule is COc1ccccc1C(CN)N1CC(C)C(C)C1. The van der Waals surface area contributed by atoms with Crippen molar-refractivity contribution >= 4 is 0 Å². The van der Waals surface area contributed by atoms with Crippen LogP contribution in [0.15, 0.2) is 24.3 Å². The second kappa shape index (κ2) is 5.72. The van der Waals surface area contributed by atoms with Crippen LogP contribution in [-0.4, -0.2) is 31.6 Å². The van der Waals surface area contributed by atoms with Crippen LogP contribution in [0, 0.1) is 11.8 Å². The lowest BCUT2D eigenvalue weighted by Gasteiger charge is -2.28. The Morgan fingerprint density at radius 3 is 2.44 bits per heavy atom. The predicted octanol–water partition coefficient (Wildman–Crippen LogP) is 2.28. The molecule has 0 aromatic heterocycles. The van der Waals surface area contributed by atoms with Gasteiger partial charge in [0.15, 0.2) is 0 Å². The van der Waals surface area contributed by atoms with Gasteiger partial charge in [-0.1, -0.05) is 32.0 Å². The molecule has 1 fully saturated rings. The minimum Gasteiger partial charge on any atom is -0.496 e. The van der Waals surface area contributed by atoms with E-state index in [4.69, 9.17) is 10.5 Å². The maximum absolute atomic E-state index is 6.00. The minimum atomic E-state index is 0.272. The van der Waals surface area contributed by atoms with Crippen LogP contribution in [0.4, 0.5) is 0 Å². The number of ether oxygens (including phenoxy) is 1. The third-order valence-corrected chi connectivity index (χ3v) is 4.18. The molecule has 2 rings (SSSR count). The van der Waals surface area contributed by atoms with E-state index < -0.39 is 0 Å². The molecule has 1 aromatic rings. The van der Waals surface area contributed by atoms with E-state index in [1.54, 1.807) is 7.11 Å². The molecule has 0 bridgehead atoms. The van der Waals surface area contributed by atoms with Crippen molar-refractivity contribution in [2.24, 2.45) is 17.6 Å². The van der Waals surface area contributed by atoms with E-state index in [9.17, 15) is 0 Å². The molecule has 3 unspecified atom stereocenters. The quantitative estimate of drug-likeness (QED) is 0.888. The van der Waals surface area contributed by atoms with Crippen molar-refractivity contribution < 1.29 is 4.74 Å². The summed E-state index contributed by atoms with van der Waals surface area (Å²) in [4.78, 5) is 2.49. The third kappa shape index (κ3) is 2.52. The van der Waals surface area contributed by atoms with E-state index in [0.29, 0.717) is 6.54 Å². The van der Waals surface area contributed by atoms with Crippen molar-refractivity contribution in [3.8, 4) is 5.75 Å². The molecular formula is C15H24N2O. The lowest BCUT2D eigenvalue weighted by atomic mass is 10.0. The van der Waals surface area contributed by atoms with E-state index in [1.807, 2.05) is 12.1 Å². The van der Waals surface area contributed by atoms with Gasteiger partial charge >= 0.3 is 0 Å². The van der Waals surface area contributed by atoms with E-state index in [1.165, 1.54) is 5.56 Å². The third-order valence-electron chi connectivity index (χ3n) is 4.18. The zero-order valence-corrected chi connectivity index (χ0v) is 11.6. The van der Waals surface area contributed by atoms with Gasteiger partial charge < -0.3 is 10.5 Å². The standard InChI is InChI=1S/C15H24N2O/c1-11-9-17(10-12(11)2)14(8-16)13-6-4-5-7-15(13)18-3/h4-7,11-12,14H,8-10,16H2,1-3H3. The van der Waals surface area contributed by atoms with Gasteiger partial charge in [-0.15, -0.1) is 0 Å². The van der Waals surface area contributed by atoms with Gasteiger partial charge in [0.05, 0.1) is 13.2 Å². The maximum atomic E-state index is 6.00. The first-order valence-electron chi connectivity index (χ1n) is 6.74. The summed E-state index contributed by atoms with van der Waals surface area (Å²) in [5, 5.41) is 0. The number of hydrogen-bond donors (Lipinski definition) is 1. The molecule has 100 valence electrons. The molecule has 2 N–H and O–H groups in total. The van der Waals surface area contributed by atoms with Gasteiger partial charge in [0.1, 0.15) is 5.75 Å². The molecule has 1 aromatic carbocycles. The summed E-state index contributed by atoms with van der Waals surface area (Å²) in [5.74, 6) is 2.43. The number of nitrogens with zero attached hydrogens (tertiary/aromatic N) is 1. The Kier molecular flexibility index (Phi) is 4.25. The normalized spacial score (nSPS) is 26.2. The molecule has 1 heterocycles. The Hall–Kier alpha value is -1.06. The fourth-order valence-electron chi connectivity index (χ4n) is 2.84. The fourth-order valence-corrected chi connectivity index (χ4v) is 2.84. The fraction of sp³-hybridized carbons (Fsp3) is 0.600. The number of benzene rings is 1. The number of hydrogen-bond acceptors (Lipinski definition) is 3.